The Kier molecular flexibility index (Phi) is 4.47. The molecule has 0 unspecified atom stereocenters. The summed E-state index contributed by atoms with van der Waals surface area (Å²) in [6.07, 6.45) is 1.59. The van der Waals surface area contributed by atoms with Crippen molar-refractivity contribution in [2.24, 2.45) is 0 Å². The Morgan fingerprint density at radius 2 is 1.60 bits per heavy atom. The molecule has 0 fully saturated rings. The van der Waals surface area contributed by atoms with Gasteiger partial charge in [0.05, 0.1) is 40.3 Å². The van der Waals surface area contributed by atoms with Gasteiger partial charge < -0.3 is 23.9 Å². The van der Waals surface area contributed by atoms with E-state index in [0.717, 1.165) is 5.39 Å². The third-order valence-electron chi connectivity index (χ3n) is 3.85. The Balaban J connectivity index is 2.05. The van der Waals surface area contributed by atoms with Gasteiger partial charge in [0.25, 0.3) is 0 Å². The lowest BCUT2D eigenvalue weighted by atomic mass is 10.1. The second-order valence-corrected chi connectivity index (χ2v) is 5.24. The van der Waals surface area contributed by atoms with Crippen LogP contribution in [-0.2, 0) is 0 Å². The van der Waals surface area contributed by atoms with Crippen molar-refractivity contribution >= 4 is 16.8 Å². The summed E-state index contributed by atoms with van der Waals surface area (Å²) in [4.78, 5) is 20.1. The maximum Gasteiger partial charge on any atom is 0.209 e. The van der Waals surface area contributed by atoms with E-state index < -0.39 is 0 Å². The number of H-pyrrole nitrogens is 1. The van der Waals surface area contributed by atoms with Crippen molar-refractivity contribution in [2.75, 3.05) is 28.4 Å². The molecule has 0 aliphatic heterocycles. The zero-order valence-corrected chi connectivity index (χ0v) is 14.4. The highest BCUT2D eigenvalue weighted by Crippen LogP contribution is 2.38. The maximum atomic E-state index is 12.9. The number of aromatic amines is 1. The van der Waals surface area contributed by atoms with Gasteiger partial charge in [0.1, 0.15) is 11.4 Å². The molecule has 0 aliphatic rings. The zero-order valence-electron chi connectivity index (χ0n) is 14.4. The van der Waals surface area contributed by atoms with E-state index in [1.807, 2.05) is 6.07 Å². The second-order valence-electron chi connectivity index (χ2n) is 5.24. The predicted molar refractivity (Wildman–Crippen MR) is 92.2 cm³/mol. The van der Waals surface area contributed by atoms with Crippen LogP contribution in [0.5, 0.6) is 23.0 Å². The largest absolute Gasteiger partial charge is 0.495 e. The van der Waals surface area contributed by atoms with Crippen LogP contribution in [0.1, 0.15) is 16.1 Å². The van der Waals surface area contributed by atoms with Gasteiger partial charge in [-0.1, -0.05) is 0 Å². The predicted octanol–water partition coefficient (Wildman–Crippen LogP) is 2.83. The van der Waals surface area contributed by atoms with Gasteiger partial charge in [-0.25, -0.2) is 4.98 Å². The summed E-state index contributed by atoms with van der Waals surface area (Å²) in [5.41, 5.74) is 1.43. The Morgan fingerprint density at radius 1 is 0.920 bits per heavy atom. The fourth-order valence-electron chi connectivity index (χ4n) is 2.60. The van der Waals surface area contributed by atoms with Crippen LogP contribution in [-0.4, -0.2) is 44.2 Å². The summed E-state index contributed by atoms with van der Waals surface area (Å²) < 4.78 is 21.0. The Bertz CT molecular complexity index is 907. The topological polar surface area (TPSA) is 82.7 Å². The van der Waals surface area contributed by atoms with Crippen molar-refractivity contribution in [1.82, 2.24) is 9.97 Å². The van der Waals surface area contributed by atoms with Crippen LogP contribution >= 0.6 is 0 Å². The molecule has 7 nitrogen and oxygen atoms in total. The molecule has 3 rings (SSSR count). The van der Waals surface area contributed by atoms with Crippen LogP contribution in [0.2, 0.25) is 0 Å². The summed E-state index contributed by atoms with van der Waals surface area (Å²) in [6, 6.07) is 6.77. The molecule has 0 aliphatic carbocycles. The molecule has 2 aromatic heterocycles. The smallest absolute Gasteiger partial charge is 0.209 e. The van der Waals surface area contributed by atoms with Gasteiger partial charge in [0.2, 0.25) is 11.5 Å². The summed E-state index contributed by atoms with van der Waals surface area (Å²) >= 11 is 0. The van der Waals surface area contributed by atoms with E-state index in [9.17, 15) is 4.79 Å². The van der Waals surface area contributed by atoms with Gasteiger partial charge in [-0.15, -0.1) is 0 Å². The van der Waals surface area contributed by atoms with Crippen molar-refractivity contribution in [3.05, 3.63) is 41.7 Å². The first-order valence-electron chi connectivity index (χ1n) is 7.48. The van der Waals surface area contributed by atoms with Crippen molar-refractivity contribution < 1.29 is 23.7 Å². The van der Waals surface area contributed by atoms with Crippen molar-refractivity contribution in [3.63, 3.8) is 0 Å². The third kappa shape index (κ3) is 2.96. The molecule has 3 aromatic rings. The molecule has 0 saturated carbocycles. The van der Waals surface area contributed by atoms with Crippen molar-refractivity contribution in [3.8, 4) is 23.0 Å². The van der Waals surface area contributed by atoms with Gasteiger partial charge in [-0.3, -0.25) is 4.79 Å². The fourth-order valence-corrected chi connectivity index (χ4v) is 2.60. The average Bonchev–Trinajstić information content (AvgIpc) is 3.08. The molecular formula is C18H18N2O5. The minimum absolute atomic E-state index is 0.212. The van der Waals surface area contributed by atoms with Crippen molar-refractivity contribution in [1.29, 1.82) is 0 Å². The lowest BCUT2D eigenvalue weighted by molar-refractivity contribution is 0.103. The summed E-state index contributed by atoms with van der Waals surface area (Å²) in [5, 5.41) is 0.787. The molecule has 1 aromatic carbocycles. The van der Waals surface area contributed by atoms with E-state index in [-0.39, 0.29) is 5.78 Å². The van der Waals surface area contributed by atoms with Gasteiger partial charge in [-0.05, 0) is 24.3 Å². The highest BCUT2D eigenvalue weighted by molar-refractivity contribution is 6.10. The monoisotopic (exact) mass is 342 g/mol. The van der Waals surface area contributed by atoms with Crippen LogP contribution in [0, 0.1) is 0 Å². The number of hydrogen-bond acceptors (Lipinski definition) is 6. The Hall–Kier alpha value is -3.22. The number of nitrogens with zero attached hydrogens (tertiary/aromatic N) is 1. The number of aromatic nitrogens is 2. The highest BCUT2D eigenvalue weighted by atomic mass is 16.5. The number of carbonyl (C=O) groups excluding carboxylic acids is 1. The summed E-state index contributed by atoms with van der Waals surface area (Å²) in [6.45, 7) is 0. The number of ether oxygens (including phenoxy) is 4. The third-order valence-corrected chi connectivity index (χ3v) is 3.85. The number of pyridine rings is 1. The number of carbonyl (C=O) groups is 1. The molecule has 0 atom stereocenters. The fraction of sp³-hybridized carbons (Fsp3) is 0.222. The molecule has 1 N–H and O–H groups in total. The van der Waals surface area contributed by atoms with Crippen molar-refractivity contribution in [2.45, 2.75) is 0 Å². The van der Waals surface area contributed by atoms with Crippen LogP contribution in [0.15, 0.2) is 30.5 Å². The lowest BCUT2D eigenvalue weighted by Crippen LogP contribution is -2.04. The minimum Gasteiger partial charge on any atom is -0.495 e. The van der Waals surface area contributed by atoms with Crippen LogP contribution in [0.25, 0.3) is 11.0 Å². The quantitative estimate of drug-likeness (QED) is 0.694. The van der Waals surface area contributed by atoms with E-state index in [1.165, 1.54) is 21.3 Å². The molecule has 25 heavy (non-hydrogen) atoms. The van der Waals surface area contributed by atoms with E-state index in [1.54, 1.807) is 31.5 Å². The number of benzene rings is 1. The molecule has 0 saturated heterocycles. The van der Waals surface area contributed by atoms with Crippen LogP contribution in [0.4, 0.5) is 0 Å². The van der Waals surface area contributed by atoms with Gasteiger partial charge in [0.15, 0.2) is 11.5 Å². The molecule has 130 valence electrons. The maximum absolute atomic E-state index is 12.9. The summed E-state index contributed by atoms with van der Waals surface area (Å²) in [7, 11) is 6.09. The molecular weight excluding hydrogens is 324 g/mol. The van der Waals surface area contributed by atoms with E-state index >= 15 is 0 Å². The Morgan fingerprint density at radius 3 is 2.16 bits per heavy atom. The lowest BCUT2D eigenvalue weighted by Gasteiger charge is -2.13. The van der Waals surface area contributed by atoms with E-state index in [4.69, 9.17) is 18.9 Å². The average molecular weight is 342 g/mol. The zero-order chi connectivity index (χ0) is 18.0. The first-order chi connectivity index (χ1) is 12.1. The van der Waals surface area contributed by atoms with Gasteiger partial charge in [-0.2, -0.15) is 0 Å². The molecule has 0 spiro atoms. The standard InChI is InChI=1S/C18H18N2O5/c1-22-12-5-11-6-13(20-18(11)19-9-12)16(21)10-7-14(23-2)17(25-4)15(8-10)24-3/h5-9H,1-4H3,(H,19,20). The Labute approximate surface area is 144 Å². The number of hydrogen-bond donors (Lipinski definition) is 1. The number of rotatable bonds is 6. The van der Waals surface area contributed by atoms with E-state index in [2.05, 4.69) is 9.97 Å². The van der Waals surface area contributed by atoms with E-state index in [0.29, 0.717) is 39.9 Å². The second kappa shape index (κ2) is 6.72. The number of methoxy groups -OCH3 is 4. The molecule has 0 bridgehead atoms. The highest BCUT2D eigenvalue weighted by Gasteiger charge is 2.19. The summed E-state index contributed by atoms with van der Waals surface area (Å²) in [5.74, 6) is 1.68. The minimum atomic E-state index is -0.212. The first kappa shape index (κ1) is 16.6. The molecule has 0 radical (unpaired) electrons. The molecule has 7 heteroatoms. The molecule has 0 amide bonds. The number of ketones is 1. The van der Waals surface area contributed by atoms with Gasteiger partial charge >= 0.3 is 0 Å². The number of nitrogens with one attached hydrogen (secondary N) is 1. The van der Waals surface area contributed by atoms with Crippen LogP contribution < -0.4 is 18.9 Å². The molecule has 2 heterocycles. The van der Waals surface area contributed by atoms with Gasteiger partial charge in [0, 0.05) is 10.9 Å². The normalized spacial score (nSPS) is 10.6. The van der Waals surface area contributed by atoms with Crippen LogP contribution in [0.3, 0.4) is 0 Å². The SMILES string of the molecule is COc1cnc2[nH]c(C(=O)c3cc(OC)c(OC)c(OC)c3)cc2c1. The number of fused-ring (bicyclic) bond motifs is 1. The first-order valence-corrected chi connectivity index (χ1v) is 7.48.